The molecule has 1 N–H and O–H groups in total. The van der Waals surface area contributed by atoms with Gasteiger partial charge in [-0.3, -0.25) is 4.79 Å². The summed E-state index contributed by atoms with van der Waals surface area (Å²) in [6.45, 7) is 3.86. The number of carbonyl (C=O) groups excluding carboxylic acids is 1. The van der Waals surface area contributed by atoms with E-state index in [4.69, 9.17) is 9.47 Å². The molecule has 0 unspecified atom stereocenters. The molecule has 1 amide bonds. The van der Waals surface area contributed by atoms with E-state index < -0.39 is 16.1 Å². The Kier molecular flexibility index (Phi) is 6.52. The van der Waals surface area contributed by atoms with Gasteiger partial charge in [-0.15, -0.1) is 0 Å². The molecule has 0 aromatic heterocycles. The van der Waals surface area contributed by atoms with E-state index in [0.717, 1.165) is 19.7 Å². The van der Waals surface area contributed by atoms with Crippen molar-refractivity contribution in [2.45, 2.75) is 20.0 Å². The Hall–Kier alpha value is -2.78. The number of nitrogens with one attached hydrogen (secondary N) is 1. The van der Waals surface area contributed by atoms with Crippen molar-refractivity contribution in [3.8, 4) is 11.5 Å². The zero-order valence-electron chi connectivity index (χ0n) is 17.6. The molecule has 2 aromatic carbocycles. The summed E-state index contributed by atoms with van der Waals surface area (Å²) in [5.41, 5.74) is 2.14. The van der Waals surface area contributed by atoms with E-state index in [1.54, 1.807) is 12.1 Å². The maximum Gasteiger partial charge on any atom is 0.304 e. The third-order valence-electron chi connectivity index (χ3n) is 4.75. The highest BCUT2D eigenvalue weighted by atomic mass is 32.2. The maximum atomic E-state index is 12.9. The van der Waals surface area contributed by atoms with E-state index in [2.05, 4.69) is 5.32 Å². The molecule has 1 aliphatic rings. The van der Waals surface area contributed by atoms with Gasteiger partial charge in [0.1, 0.15) is 19.3 Å². The summed E-state index contributed by atoms with van der Waals surface area (Å²) in [6.07, 6.45) is -0.358. The molecular weight excluding hydrogens is 406 g/mol. The van der Waals surface area contributed by atoms with Crippen molar-refractivity contribution in [1.29, 1.82) is 0 Å². The van der Waals surface area contributed by atoms with Crippen LogP contribution in [0, 0.1) is 13.8 Å². The Morgan fingerprint density at radius 1 is 1.13 bits per heavy atom. The fourth-order valence-corrected chi connectivity index (χ4v) is 4.17. The minimum absolute atomic E-state index is 0.204. The van der Waals surface area contributed by atoms with Gasteiger partial charge in [0.2, 0.25) is 5.91 Å². The molecule has 0 spiro atoms. The predicted molar refractivity (Wildman–Crippen MR) is 115 cm³/mol. The zero-order valence-corrected chi connectivity index (χ0v) is 18.4. The number of benzene rings is 2. The molecule has 0 bridgehead atoms. The summed E-state index contributed by atoms with van der Waals surface area (Å²) in [5, 5.41) is 2.76. The monoisotopic (exact) mass is 433 g/mol. The molecule has 162 valence electrons. The number of para-hydroxylation sites is 2. The average Bonchev–Trinajstić information content (AvgIpc) is 2.72. The van der Waals surface area contributed by atoms with Crippen molar-refractivity contribution in [2.24, 2.45) is 0 Å². The summed E-state index contributed by atoms with van der Waals surface area (Å²) in [4.78, 5) is 12.6. The lowest BCUT2D eigenvalue weighted by Crippen LogP contribution is -2.48. The van der Waals surface area contributed by atoms with E-state index in [1.807, 2.05) is 44.2 Å². The van der Waals surface area contributed by atoms with Crippen LogP contribution < -0.4 is 19.1 Å². The van der Waals surface area contributed by atoms with Crippen molar-refractivity contribution in [2.75, 3.05) is 38.1 Å². The van der Waals surface area contributed by atoms with Gasteiger partial charge in [0.25, 0.3) is 0 Å². The van der Waals surface area contributed by atoms with Crippen LogP contribution in [0.15, 0.2) is 42.5 Å². The fourth-order valence-electron chi connectivity index (χ4n) is 3.05. The smallest absolute Gasteiger partial charge is 0.304 e. The molecule has 3 rings (SSSR count). The second kappa shape index (κ2) is 8.93. The molecule has 0 fully saturated rings. The van der Waals surface area contributed by atoms with E-state index in [-0.39, 0.29) is 19.2 Å². The van der Waals surface area contributed by atoms with Crippen molar-refractivity contribution < 1.29 is 22.7 Å². The van der Waals surface area contributed by atoms with Crippen LogP contribution in [0.25, 0.3) is 0 Å². The third-order valence-corrected chi connectivity index (χ3v) is 6.56. The molecule has 2 aromatic rings. The first kappa shape index (κ1) is 21.9. The number of hydrogen-bond donors (Lipinski definition) is 1. The molecule has 1 heterocycles. The molecule has 1 atom stereocenters. The van der Waals surface area contributed by atoms with Crippen molar-refractivity contribution in [1.82, 2.24) is 9.62 Å². The highest BCUT2D eigenvalue weighted by molar-refractivity contribution is 7.90. The van der Waals surface area contributed by atoms with Crippen LogP contribution >= 0.6 is 0 Å². The van der Waals surface area contributed by atoms with Crippen LogP contribution in [0.1, 0.15) is 11.1 Å². The van der Waals surface area contributed by atoms with E-state index in [1.165, 1.54) is 14.1 Å². The van der Waals surface area contributed by atoms with Crippen LogP contribution in [0.4, 0.5) is 5.69 Å². The summed E-state index contributed by atoms with van der Waals surface area (Å²) in [6, 6.07) is 12.8. The Balaban J connectivity index is 1.70. The van der Waals surface area contributed by atoms with Gasteiger partial charge in [-0.1, -0.05) is 24.3 Å². The molecule has 8 nitrogen and oxygen atoms in total. The van der Waals surface area contributed by atoms with Crippen LogP contribution in [0.5, 0.6) is 11.5 Å². The lowest BCUT2D eigenvalue weighted by atomic mass is 10.1. The predicted octanol–water partition coefficient (Wildman–Crippen LogP) is 1.87. The number of fused-ring (bicyclic) bond motifs is 1. The summed E-state index contributed by atoms with van der Waals surface area (Å²) >= 11 is 0. The number of carbonyl (C=O) groups is 1. The number of nitrogens with zero attached hydrogens (tertiary/aromatic N) is 2. The normalized spacial score (nSPS) is 15.7. The van der Waals surface area contributed by atoms with Gasteiger partial charge in [0.15, 0.2) is 11.5 Å². The Morgan fingerprint density at radius 2 is 1.83 bits per heavy atom. The molecule has 0 radical (unpaired) electrons. The van der Waals surface area contributed by atoms with Gasteiger partial charge in [-0.25, -0.2) is 4.31 Å². The van der Waals surface area contributed by atoms with Crippen molar-refractivity contribution in [3.63, 3.8) is 0 Å². The summed E-state index contributed by atoms with van der Waals surface area (Å²) in [5.74, 6) is 0.859. The minimum Gasteiger partial charge on any atom is -0.486 e. The van der Waals surface area contributed by atoms with Crippen LogP contribution in [0.3, 0.4) is 0 Å². The largest absolute Gasteiger partial charge is 0.486 e. The first-order valence-corrected chi connectivity index (χ1v) is 11.0. The first-order valence-electron chi connectivity index (χ1n) is 9.61. The number of anilines is 1. The molecule has 30 heavy (non-hydrogen) atoms. The number of amides is 1. The van der Waals surface area contributed by atoms with Crippen LogP contribution in [-0.4, -0.2) is 58.5 Å². The lowest BCUT2D eigenvalue weighted by Gasteiger charge is -2.29. The Bertz CT molecular complexity index is 1020. The lowest BCUT2D eigenvalue weighted by molar-refractivity contribution is -0.120. The SMILES string of the molecule is Cc1ccc(C)c(N(CC(=O)NC[C@H]2COc3ccccc3O2)S(=O)(=O)N(C)C)c1. The van der Waals surface area contributed by atoms with Crippen LogP contribution in [-0.2, 0) is 15.0 Å². The maximum absolute atomic E-state index is 12.9. The van der Waals surface area contributed by atoms with Gasteiger partial charge in [0.05, 0.1) is 12.2 Å². The molecule has 0 aliphatic carbocycles. The Labute approximate surface area is 177 Å². The number of ether oxygens (including phenoxy) is 2. The summed E-state index contributed by atoms with van der Waals surface area (Å²) in [7, 11) is -0.979. The van der Waals surface area contributed by atoms with E-state index in [9.17, 15) is 13.2 Å². The van der Waals surface area contributed by atoms with Gasteiger partial charge in [-0.2, -0.15) is 12.7 Å². The van der Waals surface area contributed by atoms with Crippen LogP contribution in [0.2, 0.25) is 0 Å². The van der Waals surface area contributed by atoms with Crippen molar-refractivity contribution in [3.05, 3.63) is 53.6 Å². The van der Waals surface area contributed by atoms with Gasteiger partial charge < -0.3 is 14.8 Å². The average molecular weight is 434 g/mol. The second-order valence-electron chi connectivity index (χ2n) is 7.39. The quantitative estimate of drug-likeness (QED) is 0.720. The molecule has 9 heteroatoms. The highest BCUT2D eigenvalue weighted by Crippen LogP contribution is 2.30. The van der Waals surface area contributed by atoms with Gasteiger partial charge in [0, 0.05) is 14.1 Å². The molecular formula is C21H27N3O5S. The Morgan fingerprint density at radius 3 is 2.53 bits per heavy atom. The van der Waals surface area contributed by atoms with E-state index in [0.29, 0.717) is 23.8 Å². The third kappa shape index (κ3) is 4.85. The molecule has 0 saturated heterocycles. The molecule has 0 saturated carbocycles. The van der Waals surface area contributed by atoms with Crippen molar-refractivity contribution >= 4 is 21.8 Å². The zero-order chi connectivity index (χ0) is 21.9. The standard InChI is InChI=1S/C21H27N3O5S/c1-15-9-10-16(2)18(11-15)24(30(26,27)23(3)4)13-21(25)22-12-17-14-28-19-7-5-6-8-20(19)29-17/h5-11,17H,12-14H2,1-4H3,(H,22,25)/t17-/m0/s1. The highest BCUT2D eigenvalue weighted by Gasteiger charge is 2.29. The number of aryl methyl sites for hydroxylation is 2. The van der Waals surface area contributed by atoms with Gasteiger partial charge >= 0.3 is 10.2 Å². The first-order chi connectivity index (χ1) is 14.2. The van der Waals surface area contributed by atoms with E-state index >= 15 is 0 Å². The summed E-state index contributed by atoms with van der Waals surface area (Å²) < 4.78 is 39.5. The number of rotatable bonds is 7. The topological polar surface area (TPSA) is 88.2 Å². The molecule has 1 aliphatic heterocycles. The number of hydrogen-bond acceptors (Lipinski definition) is 5. The second-order valence-corrected chi connectivity index (χ2v) is 9.46. The minimum atomic E-state index is -3.86. The fraction of sp³-hybridized carbons (Fsp3) is 0.381. The van der Waals surface area contributed by atoms with Gasteiger partial charge in [-0.05, 0) is 43.2 Å².